The third-order valence-electron chi connectivity index (χ3n) is 3.08. The zero-order chi connectivity index (χ0) is 13.4. The summed E-state index contributed by atoms with van der Waals surface area (Å²) in [7, 11) is 0. The van der Waals surface area contributed by atoms with Crippen molar-refractivity contribution in [2.24, 2.45) is 5.18 Å². The molecule has 0 aromatic heterocycles. The Balaban J connectivity index is 3.00. The van der Waals surface area contributed by atoms with Gasteiger partial charge in [0.05, 0.1) is 0 Å². The molecule has 2 aromatic carbocycles. The topological polar surface area (TPSA) is 29.4 Å². The number of halogens is 2. The maximum atomic E-state index is 14.0. The molecule has 0 unspecified atom stereocenters. The van der Waals surface area contributed by atoms with Crippen molar-refractivity contribution in [2.45, 2.75) is 26.7 Å². The number of benzene rings is 2. The van der Waals surface area contributed by atoms with Gasteiger partial charge in [-0.1, -0.05) is 13.8 Å². The van der Waals surface area contributed by atoms with Gasteiger partial charge in [-0.2, -0.15) is 0 Å². The fraction of sp³-hybridized carbons (Fsp3) is 0.286. The number of fused-ring (bicyclic) bond motifs is 1. The molecule has 0 atom stereocenters. The number of nitroso groups, excluding NO2 is 1. The van der Waals surface area contributed by atoms with Gasteiger partial charge in [-0.25, -0.2) is 8.78 Å². The smallest absolute Gasteiger partial charge is 0.166 e. The fourth-order valence-corrected chi connectivity index (χ4v) is 2.16. The predicted molar refractivity (Wildman–Crippen MR) is 68.1 cm³/mol. The lowest BCUT2D eigenvalue weighted by atomic mass is 9.93. The van der Waals surface area contributed by atoms with Gasteiger partial charge in [0.15, 0.2) is 11.6 Å². The summed E-state index contributed by atoms with van der Waals surface area (Å²) in [5.41, 5.74) is 1.43. The van der Waals surface area contributed by atoms with E-state index in [1.807, 2.05) is 13.8 Å². The highest BCUT2D eigenvalue weighted by atomic mass is 19.2. The van der Waals surface area contributed by atoms with Crippen LogP contribution in [0.25, 0.3) is 10.8 Å². The van der Waals surface area contributed by atoms with E-state index >= 15 is 0 Å². The summed E-state index contributed by atoms with van der Waals surface area (Å²) in [6.07, 6.45) is 0. The third kappa shape index (κ3) is 1.88. The van der Waals surface area contributed by atoms with E-state index in [0.717, 1.165) is 6.07 Å². The van der Waals surface area contributed by atoms with Crippen LogP contribution in [-0.2, 0) is 0 Å². The van der Waals surface area contributed by atoms with Crippen LogP contribution in [0.5, 0.6) is 0 Å². The molecular formula is C14H13F2NO. The average molecular weight is 249 g/mol. The van der Waals surface area contributed by atoms with Crippen LogP contribution in [0, 0.1) is 23.5 Å². The molecule has 4 heteroatoms. The van der Waals surface area contributed by atoms with E-state index in [0.29, 0.717) is 16.5 Å². The molecule has 2 nitrogen and oxygen atoms in total. The molecule has 0 N–H and O–H groups in total. The molecule has 0 spiro atoms. The van der Waals surface area contributed by atoms with Crippen LogP contribution in [0.1, 0.15) is 30.9 Å². The van der Waals surface area contributed by atoms with Gasteiger partial charge in [-0.05, 0) is 52.7 Å². The monoisotopic (exact) mass is 249 g/mol. The van der Waals surface area contributed by atoms with Crippen LogP contribution in [0.15, 0.2) is 23.4 Å². The van der Waals surface area contributed by atoms with Crippen LogP contribution < -0.4 is 0 Å². The number of aryl methyl sites for hydroxylation is 1. The van der Waals surface area contributed by atoms with Crippen molar-refractivity contribution < 1.29 is 8.78 Å². The quantitative estimate of drug-likeness (QED) is 0.692. The van der Waals surface area contributed by atoms with Crippen LogP contribution in [0.4, 0.5) is 14.5 Å². The Morgan fingerprint density at radius 1 is 1.17 bits per heavy atom. The zero-order valence-corrected chi connectivity index (χ0v) is 10.4. The Hall–Kier alpha value is -1.84. The number of nitrogens with zero attached hydrogens (tertiary/aromatic N) is 1. The second kappa shape index (κ2) is 4.44. The van der Waals surface area contributed by atoms with Crippen LogP contribution >= 0.6 is 0 Å². The van der Waals surface area contributed by atoms with Gasteiger partial charge in [0.2, 0.25) is 0 Å². The second-order valence-electron chi connectivity index (χ2n) is 4.69. The molecule has 0 aliphatic rings. The van der Waals surface area contributed by atoms with Gasteiger partial charge in [0.25, 0.3) is 0 Å². The highest BCUT2D eigenvalue weighted by Gasteiger charge is 2.17. The van der Waals surface area contributed by atoms with E-state index in [2.05, 4.69) is 5.18 Å². The van der Waals surface area contributed by atoms with Gasteiger partial charge < -0.3 is 0 Å². The number of rotatable bonds is 2. The molecule has 0 heterocycles. The minimum Gasteiger partial charge on any atom is -0.204 e. The van der Waals surface area contributed by atoms with Crippen molar-refractivity contribution in [1.29, 1.82) is 0 Å². The maximum Gasteiger partial charge on any atom is 0.166 e. The van der Waals surface area contributed by atoms with E-state index in [1.165, 1.54) is 12.1 Å². The first-order chi connectivity index (χ1) is 8.45. The van der Waals surface area contributed by atoms with Crippen molar-refractivity contribution in [1.82, 2.24) is 0 Å². The summed E-state index contributed by atoms with van der Waals surface area (Å²) in [5.74, 6) is -1.75. The molecule has 0 aliphatic heterocycles. The largest absolute Gasteiger partial charge is 0.204 e. The third-order valence-corrected chi connectivity index (χ3v) is 3.08. The molecular weight excluding hydrogens is 236 g/mol. The highest BCUT2D eigenvalue weighted by molar-refractivity contribution is 5.92. The number of hydrogen-bond acceptors (Lipinski definition) is 2. The SMILES string of the molecule is Cc1cc(F)c(F)c2c(C(C)C)cc(N=O)cc12. The molecule has 0 amide bonds. The van der Waals surface area contributed by atoms with E-state index in [4.69, 9.17) is 0 Å². The molecule has 94 valence electrons. The van der Waals surface area contributed by atoms with Gasteiger partial charge >= 0.3 is 0 Å². The van der Waals surface area contributed by atoms with Gasteiger partial charge in [-0.3, -0.25) is 0 Å². The van der Waals surface area contributed by atoms with E-state index in [9.17, 15) is 13.7 Å². The second-order valence-corrected chi connectivity index (χ2v) is 4.69. The van der Waals surface area contributed by atoms with E-state index in [1.54, 1.807) is 6.92 Å². The summed E-state index contributed by atoms with van der Waals surface area (Å²) in [6, 6.07) is 4.14. The Morgan fingerprint density at radius 2 is 1.83 bits per heavy atom. The minimum atomic E-state index is -0.867. The van der Waals surface area contributed by atoms with Crippen molar-refractivity contribution >= 4 is 16.5 Å². The first kappa shape index (κ1) is 12.6. The Bertz CT molecular complexity index is 635. The standard InChI is InChI=1S/C14H13F2NO/c1-7(2)10-5-9(17-18)6-11-8(3)4-12(15)14(16)13(10)11/h4-7H,1-3H3. The molecule has 0 radical (unpaired) electrons. The average Bonchev–Trinajstić information content (AvgIpc) is 2.34. The lowest BCUT2D eigenvalue weighted by Gasteiger charge is -2.13. The van der Waals surface area contributed by atoms with Crippen molar-refractivity contribution in [3.05, 3.63) is 45.9 Å². The summed E-state index contributed by atoms with van der Waals surface area (Å²) in [4.78, 5) is 10.7. The zero-order valence-electron chi connectivity index (χ0n) is 10.4. The molecule has 0 aliphatic carbocycles. The molecule has 0 fully saturated rings. The van der Waals surface area contributed by atoms with Gasteiger partial charge in [0, 0.05) is 5.39 Å². The Kier molecular flexibility index (Phi) is 3.11. The Labute approximate surface area is 104 Å². The fourth-order valence-electron chi connectivity index (χ4n) is 2.16. The Morgan fingerprint density at radius 3 is 2.39 bits per heavy atom. The van der Waals surface area contributed by atoms with Gasteiger partial charge in [0.1, 0.15) is 5.69 Å². The molecule has 0 saturated carbocycles. The molecule has 18 heavy (non-hydrogen) atoms. The lowest BCUT2D eigenvalue weighted by Crippen LogP contribution is -1.97. The molecule has 0 bridgehead atoms. The van der Waals surface area contributed by atoms with Crippen LogP contribution in [0.3, 0.4) is 0 Å². The lowest BCUT2D eigenvalue weighted by molar-refractivity contribution is 0.515. The van der Waals surface area contributed by atoms with Crippen molar-refractivity contribution in [2.75, 3.05) is 0 Å². The normalized spacial score (nSPS) is 11.2. The number of hydrogen-bond donors (Lipinski definition) is 0. The molecule has 0 saturated heterocycles. The van der Waals surface area contributed by atoms with Gasteiger partial charge in [-0.15, -0.1) is 4.91 Å². The van der Waals surface area contributed by atoms with Crippen LogP contribution in [0.2, 0.25) is 0 Å². The first-order valence-electron chi connectivity index (χ1n) is 5.71. The molecule has 2 rings (SSSR count). The predicted octanol–water partition coefficient (Wildman–Crippen LogP) is 4.95. The summed E-state index contributed by atoms with van der Waals surface area (Å²) in [6.45, 7) is 5.41. The van der Waals surface area contributed by atoms with Crippen molar-refractivity contribution in [3.63, 3.8) is 0 Å². The van der Waals surface area contributed by atoms with E-state index in [-0.39, 0.29) is 17.0 Å². The summed E-state index contributed by atoms with van der Waals surface area (Å²) >= 11 is 0. The minimum absolute atomic E-state index is 0.0232. The summed E-state index contributed by atoms with van der Waals surface area (Å²) in [5, 5.41) is 3.67. The van der Waals surface area contributed by atoms with E-state index < -0.39 is 11.6 Å². The summed E-state index contributed by atoms with van der Waals surface area (Å²) < 4.78 is 27.4. The maximum absolute atomic E-state index is 14.0. The first-order valence-corrected chi connectivity index (χ1v) is 5.71. The highest BCUT2D eigenvalue weighted by Crippen LogP contribution is 2.34. The van der Waals surface area contributed by atoms with Crippen LogP contribution in [-0.4, -0.2) is 0 Å². The molecule has 2 aromatic rings. The van der Waals surface area contributed by atoms with Crippen molar-refractivity contribution in [3.8, 4) is 0 Å².